The van der Waals surface area contributed by atoms with Crippen molar-refractivity contribution < 1.29 is 14.1 Å². The summed E-state index contributed by atoms with van der Waals surface area (Å²) in [5.41, 5.74) is 0.291. The standard InChI is InChI=1S/C18H22N4O3S/c1-10-9-13(20-15(23)12-5-6-12)26-14(10)16(24)21-18(7-3-4-8-18)17-19-11(2)25-22-17/h9,12H,3-8H2,1-2H3,(H,20,23)(H,21,24). The van der Waals surface area contributed by atoms with Crippen molar-refractivity contribution >= 4 is 28.2 Å². The summed E-state index contributed by atoms with van der Waals surface area (Å²) in [4.78, 5) is 29.9. The van der Waals surface area contributed by atoms with Gasteiger partial charge in [-0.05, 0) is 44.2 Å². The SMILES string of the molecule is Cc1nc(C2(NC(=O)c3sc(NC(=O)C4CC4)cc3C)CCCC2)no1. The van der Waals surface area contributed by atoms with Crippen molar-refractivity contribution in [3.05, 3.63) is 28.2 Å². The first-order valence-electron chi connectivity index (χ1n) is 9.01. The van der Waals surface area contributed by atoms with E-state index in [1.54, 1.807) is 6.92 Å². The van der Waals surface area contributed by atoms with E-state index in [0.29, 0.717) is 16.6 Å². The molecule has 0 radical (unpaired) electrons. The summed E-state index contributed by atoms with van der Waals surface area (Å²) in [5, 5.41) is 10.9. The summed E-state index contributed by atoms with van der Waals surface area (Å²) in [6.45, 7) is 3.64. The molecule has 0 atom stereocenters. The summed E-state index contributed by atoms with van der Waals surface area (Å²) >= 11 is 1.32. The molecule has 4 rings (SSSR count). The number of carbonyl (C=O) groups excluding carboxylic acids is 2. The van der Waals surface area contributed by atoms with E-state index in [4.69, 9.17) is 4.52 Å². The van der Waals surface area contributed by atoms with Gasteiger partial charge in [-0.2, -0.15) is 4.98 Å². The van der Waals surface area contributed by atoms with Crippen LogP contribution in [-0.4, -0.2) is 22.0 Å². The maximum absolute atomic E-state index is 13.0. The van der Waals surface area contributed by atoms with Crippen molar-refractivity contribution in [3.8, 4) is 0 Å². The van der Waals surface area contributed by atoms with Gasteiger partial charge < -0.3 is 15.2 Å². The second-order valence-corrected chi connectivity index (χ2v) is 8.32. The number of aryl methyl sites for hydroxylation is 2. The number of hydrogen-bond acceptors (Lipinski definition) is 6. The first kappa shape index (κ1) is 17.2. The van der Waals surface area contributed by atoms with E-state index >= 15 is 0 Å². The highest BCUT2D eigenvalue weighted by Gasteiger charge is 2.41. The average molecular weight is 374 g/mol. The predicted octanol–water partition coefficient (Wildman–Crippen LogP) is 3.30. The van der Waals surface area contributed by atoms with Crippen molar-refractivity contribution in [3.63, 3.8) is 0 Å². The predicted molar refractivity (Wildman–Crippen MR) is 97.1 cm³/mol. The second-order valence-electron chi connectivity index (χ2n) is 7.27. The van der Waals surface area contributed by atoms with E-state index < -0.39 is 5.54 Å². The maximum Gasteiger partial charge on any atom is 0.262 e. The minimum Gasteiger partial charge on any atom is -0.340 e. The highest BCUT2D eigenvalue weighted by molar-refractivity contribution is 7.18. The van der Waals surface area contributed by atoms with Crippen LogP contribution in [0.1, 0.15) is 65.5 Å². The quantitative estimate of drug-likeness (QED) is 0.837. The number of amides is 2. The number of carbonyl (C=O) groups is 2. The minimum atomic E-state index is -0.567. The van der Waals surface area contributed by atoms with Gasteiger partial charge in [-0.1, -0.05) is 18.0 Å². The Hall–Kier alpha value is -2.22. The highest BCUT2D eigenvalue weighted by atomic mass is 32.1. The molecule has 0 unspecified atom stereocenters. The molecule has 0 spiro atoms. The second kappa shape index (κ2) is 6.50. The molecule has 2 amide bonds. The third-order valence-corrected chi connectivity index (χ3v) is 6.24. The highest BCUT2D eigenvalue weighted by Crippen LogP contribution is 2.38. The summed E-state index contributed by atoms with van der Waals surface area (Å²) in [5.74, 6) is 1.09. The molecular formula is C18H22N4O3S. The summed E-state index contributed by atoms with van der Waals surface area (Å²) in [6.07, 6.45) is 5.53. The van der Waals surface area contributed by atoms with Crippen molar-refractivity contribution in [2.75, 3.05) is 5.32 Å². The zero-order valence-corrected chi connectivity index (χ0v) is 15.7. The lowest BCUT2D eigenvalue weighted by molar-refractivity contribution is -0.117. The van der Waals surface area contributed by atoms with Crippen LogP contribution in [0.15, 0.2) is 10.6 Å². The fourth-order valence-corrected chi connectivity index (χ4v) is 4.46. The average Bonchev–Trinajstić information content (AvgIpc) is 3.00. The molecular weight excluding hydrogens is 352 g/mol. The molecule has 0 aromatic carbocycles. The van der Waals surface area contributed by atoms with Gasteiger partial charge in [0.25, 0.3) is 5.91 Å². The fourth-order valence-electron chi connectivity index (χ4n) is 3.49. The molecule has 8 heteroatoms. The number of nitrogens with one attached hydrogen (secondary N) is 2. The van der Waals surface area contributed by atoms with Crippen LogP contribution >= 0.6 is 11.3 Å². The zero-order chi connectivity index (χ0) is 18.3. The lowest BCUT2D eigenvalue weighted by atomic mass is 9.96. The third-order valence-electron chi connectivity index (χ3n) is 5.08. The van der Waals surface area contributed by atoms with Gasteiger partial charge in [0.2, 0.25) is 11.8 Å². The lowest BCUT2D eigenvalue weighted by Gasteiger charge is -2.26. The Labute approximate surface area is 155 Å². The Bertz CT molecular complexity index is 846. The molecule has 0 saturated heterocycles. The number of anilines is 1. The molecule has 138 valence electrons. The normalized spacial score (nSPS) is 18.7. The van der Waals surface area contributed by atoms with Crippen molar-refractivity contribution in [2.45, 2.75) is 57.9 Å². The Balaban J connectivity index is 1.53. The molecule has 0 bridgehead atoms. The van der Waals surface area contributed by atoms with Crippen molar-refractivity contribution in [1.82, 2.24) is 15.5 Å². The van der Waals surface area contributed by atoms with Crippen LogP contribution < -0.4 is 10.6 Å². The number of aromatic nitrogens is 2. The molecule has 26 heavy (non-hydrogen) atoms. The van der Waals surface area contributed by atoms with E-state index in [-0.39, 0.29) is 17.7 Å². The lowest BCUT2D eigenvalue weighted by Crippen LogP contribution is -2.44. The zero-order valence-electron chi connectivity index (χ0n) is 14.9. The van der Waals surface area contributed by atoms with E-state index in [1.807, 2.05) is 13.0 Å². The van der Waals surface area contributed by atoms with Gasteiger partial charge in [-0.3, -0.25) is 9.59 Å². The number of nitrogens with zero attached hydrogens (tertiary/aromatic N) is 2. The summed E-state index contributed by atoms with van der Waals surface area (Å²) < 4.78 is 5.13. The molecule has 2 saturated carbocycles. The molecule has 2 aliphatic rings. The molecule has 2 aromatic heterocycles. The molecule has 7 nitrogen and oxygen atoms in total. The maximum atomic E-state index is 13.0. The first-order chi connectivity index (χ1) is 12.5. The van der Waals surface area contributed by atoms with E-state index in [1.165, 1.54) is 11.3 Å². The number of rotatable bonds is 5. The third kappa shape index (κ3) is 3.25. The van der Waals surface area contributed by atoms with Gasteiger partial charge in [-0.15, -0.1) is 11.3 Å². The van der Waals surface area contributed by atoms with Gasteiger partial charge in [-0.25, -0.2) is 0 Å². The van der Waals surface area contributed by atoms with E-state index in [9.17, 15) is 9.59 Å². The molecule has 2 aliphatic carbocycles. The van der Waals surface area contributed by atoms with E-state index in [2.05, 4.69) is 20.8 Å². The largest absolute Gasteiger partial charge is 0.340 e. The Morgan fingerprint density at radius 3 is 2.62 bits per heavy atom. The van der Waals surface area contributed by atoms with Crippen LogP contribution in [0.5, 0.6) is 0 Å². The van der Waals surface area contributed by atoms with Crippen LogP contribution in [0.25, 0.3) is 0 Å². The van der Waals surface area contributed by atoms with Crippen molar-refractivity contribution in [2.24, 2.45) is 5.92 Å². The van der Waals surface area contributed by atoms with Gasteiger partial charge in [0.15, 0.2) is 5.82 Å². The minimum absolute atomic E-state index is 0.0488. The Kier molecular flexibility index (Phi) is 4.30. The van der Waals surface area contributed by atoms with Crippen LogP contribution in [-0.2, 0) is 10.3 Å². The summed E-state index contributed by atoms with van der Waals surface area (Å²) in [6, 6.07) is 1.86. The monoisotopic (exact) mass is 374 g/mol. The fraction of sp³-hybridized carbons (Fsp3) is 0.556. The van der Waals surface area contributed by atoms with Gasteiger partial charge in [0, 0.05) is 12.8 Å². The molecule has 2 aromatic rings. The van der Waals surface area contributed by atoms with Crippen LogP contribution in [0, 0.1) is 19.8 Å². The van der Waals surface area contributed by atoms with E-state index in [0.717, 1.165) is 49.1 Å². The van der Waals surface area contributed by atoms with Gasteiger partial charge >= 0.3 is 0 Å². The molecule has 2 fully saturated rings. The topological polar surface area (TPSA) is 97.1 Å². The Morgan fingerprint density at radius 1 is 1.27 bits per heavy atom. The number of thiophene rings is 1. The summed E-state index contributed by atoms with van der Waals surface area (Å²) in [7, 11) is 0. The first-order valence-corrected chi connectivity index (χ1v) is 9.83. The van der Waals surface area contributed by atoms with Crippen molar-refractivity contribution in [1.29, 1.82) is 0 Å². The Morgan fingerprint density at radius 2 is 2.00 bits per heavy atom. The van der Waals surface area contributed by atoms with Crippen LogP contribution in [0.2, 0.25) is 0 Å². The number of hydrogen-bond donors (Lipinski definition) is 2. The van der Waals surface area contributed by atoms with Crippen LogP contribution in [0.4, 0.5) is 5.00 Å². The molecule has 2 N–H and O–H groups in total. The smallest absolute Gasteiger partial charge is 0.262 e. The van der Waals surface area contributed by atoms with Gasteiger partial charge in [0.05, 0.1) is 9.88 Å². The van der Waals surface area contributed by atoms with Gasteiger partial charge in [0.1, 0.15) is 5.54 Å². The molecule has 2 heterocycles. The molecule has 0 aliphatic heterocycles. The van der Waals surface area contributed by atoms with Crippen LogP contribution in [0.3, 0.4) is 0 Å².